The lowest BCUT2D eigenvalue weighted by molar-refractivity contribution is -0.101. The fraction of sp³-hybridized carbons (Fsp3) is 0.625. The molecule has 1 aliphatic rings. The quantitative estimate of drug-likeness (QED) is 0.502. The predicted molar refractivity (Wildman–Crippen MR) is 90.9 cm³/mol. The lowest BCUT2D eigenvalue weighted by atomic mass is 10.0. The topological polar surface area (TPSA) is 103 Å². The average molecular weight is 341 g/mol. The van der Waals surface area contributed by atoms with Crippen molar-refractivity contribution < 1.29 is 29.7 Å². The second kappa shape index (κ2) is 10.8. The van der Waals surface area contributed by atoms with Gasteiger partial charge < -0.3 is 29.7 Å². The maximum atomic E-state index is 10.1. The van der Waals surface area contributed by atoms with Crippen molar-refractivity contribution in [2.45, 2.75) is 44.8 Å². The fourth-order valence-electron chi connectivity index (χ4n) is 2.42. The summed E-state index contributed by atoms with van der Waals surface area (Å²) in [5.41, 5.74) is 1.09. The molecule has 4 unspecified atom stereocenters. The van der Waals surface area contributed by atoms with Gasteiger partial charge in [0.05, 0.1) is 18.8 Å². The number of likely N-dealkylation sites (N-methyl/N-ethyl adjacent to an activating group) is 1. The minimum absolute atomic E-state index is 0.0357. The van der Waals surface area contributed by atoms with Crippen molar-refractivity contribution in [3.8, 4) is 0 Å². The molecule has 0 amide bonds. The molecule has 0 saturated carbocycles. The van der Waals surface area contributed by atoms with Crippen LogP contribution in [0.25, 0.3) is 0 Å². The summed E-state index contributed by atoms with van der Waals surface area (Å²) in [4.78, 5) is 1.84. The lowest BCUT2D eigenvalue weighted by Crippen LogP contribution is -2.49. The van der Waals surface area contributed by atoms with Crippen LogP contribution in [-0.4, -0.2) is 77.2 Å². The van der Waals surface area contributed by atoms with E-state index in [1.165, 1.54) is 0 Å². The summed E-state index contributed by atoms with van der Waals surface area (Å²) in [6.07, 6.45) is -4.74. The first-order valence-electron chi connectivity index (χ1n) is 8.19. The molecule has 24 heavy (non-hydrogen) atoms. The van der Waals surface area contributed by atoms with Crippen LogP contribution >= 0.6 is 0 Å². The van der Waals surface area contributed by atoms with Crippen LogP contribution in [0.4, 0.5) is 0 Å². The second-order valence-corrected chi connectivity index (χ2v) is 5.55. The van der Waals surface area contributed by atoms with Crippen LogP contribution in [0, 0.1) is 0 Å². The van der Waals surface area contributed by atoms with E-state index in [0.29, 0.717) is 6.54 Å². The molecule has 136 valence electrons. The molecule has 8 heteroatoms. The van der Waals surface area contributed by atoms with Gasteiger partial charge in [-0.25, -0.2) is 0 Å². The number of aliphatic hydroxyl groups excluding tert-OH is 3. The molecule has 4 N–H and O–H groups in total. The van der Waals surface area contributed by atoms with Crippen molar-refractivity contribution in [2.75, 3.05) is 20.2 Å². The van der Waals surface area contributed by atoms with Gasteiger partial charge in [-0.15, -0.1) is 0 Å². The van der Waals surface area contributed by atoms with E-state index in [9.17, 15) is 15.3 Å². The number of rotatable bonds is 7. The molecular weight excluding hydrogens is 313 g/mol. The van der Waals surface area contributed by atoms with Gasteiger partial charge in [0.2, 0.25) is 0 Å². The Balaban J connectivity index is 0.00000139. The number of hydrogen-bond donors (Lipinski definition) is 4. The van der Waals surface area contributed by atoms with E-state index < -0.39 is 31.7 Å². The van der Waals surface area contributed by atoms with Gasteiger partial charge in [0.1, 0.15) is 12.2 Å². The highest BCUT2D eigenvalue weighted by atomic mass is 16.7. The van der Waals surface area contributed by atoms with Crippen molar-refractivity contribution in [1.29, 1.82) is 0 Å². The minimum Gasteiger partial charge on any atom is -0.402 e. The largest absolute Gasteiger partial charge is 0.637 e. The third-order valence-corrected chi connectivity index (χ3v) is 3.61. The monoisotopic (exact) mass is 341 g/mol. The van der Waals surface area contributed by atoms with E-state index in [1.807, 2.05) is 56.1 Å². The van der Waals surface area contributed by atoms with Crippen molar-refractivity contribution in [1.82, 2.24) is 4.90 Å². The van der Waals surface area contributed by atoms with Crippen molar-refractivity contribution >= 4 is 7.32 Å². The third-order valence-electron chi connectivity index (χ3n) is 3.61. The Labute approximate surface area is 143 Å². The zero-order valence-electron chi connectivity index (χ0n) is 14.4. The van der Waals surface area contributed by atoms with Crippen LogP contribution < -0.4 is 0 Å². The molecule has 1 heterocycles. The van der Waals surface area contributed by atoms with Gasteiger partial charge in [0.15, 0.2) is 0 Å². The van der Waals surface area contributed by atoms with E-state index in [2.05, 4.69) is 0 Å². The second-order valence-electron chi connectivity index (χ2n) is 5.55. The first kappa shape index (κ1) is 21.0. The molecule has 0 bridgehead atoms. The highest BCUT2D eigenvalue weighted by Gasteiger charge is 2.40. The van der Waals surface area contributed by atoms with Crippen molar-refractivity contribution in [2.24, 2.45) is 0 Å². The summed E-state index contributed by atoms with van der Waals surface area (Å²) in [5.74, 6) is 0. The number of hydrogen-bond acceptors (Lipinski definition) is 7. The summed E-state index contributed by atoms with van der Waals surface area (Å²) >= 11 is 0. The highest BCUT2D eigenvalue weighted by Crippen LogP contribution is 2.15. The van der Waals surface area contributed by atoms with Crippen LogP contribution in [0.5, 0.6) is 0 Å². The Morgan fingerprint density at radius 2 is 1.83 bits per heavy atom. The molecule has 0 aromatic heterocycles. The van der Waals surface area contributed by atoms with Gasteiger partial charge in [-0.3, -0.25) is 4.90 Å². The van der Waals surface area contributed by atoms with Crippen LogP contribution in [-0.2, 0) is 15.9 Å². The average Bonchev–Trinajstić information content (AvgIpc) is 3.02. The zero-order chi connectivity index (χ0) is 18.1. The Morgan fingerprint density at radius 1 is 1.21 bits per heavy atom. The molecule has 1 aromatic rings. The minimum atomic E-state index is -1.40. The molecule has 2 rings (SSSR count). The molecule has 1 aliphatic heterocycles. The van der Waals surface area contributed by atoms with Crippen LogP contribution in [0.15, 0.2) is 30.3 Å². The molecule has 1 aromatic carbocycles. The maximum Gasteiger partial charge on any atom is 0.637 e. The molecule has 1 fully saturated rings. The summed E-state index contributed by atoms with van der Waals surface area (Å²) < 4.78 is 9.64. The Bertz CT molecular complexity index is 451. The molecule has 4 atom stereocenters. The maximum absolute atomic E-state index is 10.1. The normalized spacial score (nSPS) is 21.2. The van der Waals surface area contributed by atoms with Gasteiger partial charge in [-0.05, 0) is 12.6 Å². The zero-order valence-corrected chi connectivity index (χ0v) is 14.4. The van der Waals surface area contributed by atoms with E-state index in [1.54, 1.807) is 0 Å². The summed E-state index contributed by atoms with van der Waals surface area (Å²) in [6.45, 7) is 4.76. The van der Waals surface area contributed by atoms with Crippen molar-refractivity contribution in [3.63, 3.8) is 0 Å². The smallest absolute Gasteiger partial charge is 0.402 e. The predicted octanol–water partition coefficient (Wildman–Crippen LogP) is -0.380. The van der Waals surface area contributed by atoms with E-state index in [-0.39, 0.29) is 13.2 Å². The fourth-order valence-corrected chi connectivity index (χ4v) is 2.42. The number of nitrogens with zero attached hydrogens (tertiary/aromatic N) is 1. The summed E-state index contributed by atoms with van der Waals surface area (Å²) in [7, 11) is 0.415. The summed E-state index contributed by atoms with van der Waals surface area (Å²) in [5, 5.41) is 39.1. The highest BCUT2D eigenvalue weighted by molar-refractivity contribution is 6.35. The van der Waals surface area contributed by atoms with Gasteiger partial charge in [0, 0.05) is 13.1 Å². The third kappa shape index (κ3) is 6.48. The van der Waals surface area contributed by atoms with Gasteiger partial charge >= 0.3 is 7.32 Å². The Hall–Kier alpha value is -0.995. The van der Waals surface area contributed by atoms with Crippen LogP contribution in [0.3, 0.4) is 0 Å². The first-order chi connectivity index (χ1) is 11.5. The van der Waals surface area contributed by atoms with Gasteiger partial charge in [0.25, 0.3) is 0 Å². The van der Waals surface area contributed by atoms with Crippen LogP contribution in [0.2, 0.25) is 0 Å². The molecule has 7 nitrogen and oxygen atoms in total. The molecular formula is C16H28BNO6. The standard InChI is InChI=1S/C14H22BNO6.C2H6/c1-16(7-10-5-3-2-4-6-10)8-11(17)13(18)14(19)12-9-21-15(20)22-12;1-2/h2-6,11-14,17-20H,7-9H2,1H3;1-2H3. The molecule has 0 aliphatic carbocycles. The van der Waals surface area contributed by atoms with E-state index in [0.717, 1.165) is 5.56 Å². The Morgan fingerprint density at radius 3 is 2.38 bits per heavy atom. The SMILES string of the molecule is CC.CN(Cc1ccccc1)CC(O)C(O)C(O)C1COB(O)O1. The van der Waals surface area contributed by atoms with Crippen molar-refractivity contribution in [3.05, 3.63) is 35.9 Å². The number of aliphatic hydroxyl groups is 3. The Kier molecular flexibility index (Phi) is 9.46. The lowest BCUT2D eigenvalue weighted by Gasteiger charge is -2.29. The molecule has 0 spiro atoms. The van der Waals surface area contributed by atoms with E-state index in [4.69, 9.17) is 14.3 Å². The van der Waals surface area contributed by atoms with E-state index >= 15 is 0 Å². The molecule has 1 saturated heterocycles. The van der Waals surface area contributed by atoms with Gasteiger partial charge in [-0.1, -0.05) is 44.2 Å². The number of benzene rings is 1. The molecule has 0 radical (unpaired) electrons. The van der Waals surface area contributed by atoms with Gasteiger partial charge in [-0.2, -0.15) is 0 Å². The van der Waals surface area contributed by atoms with Crippen LogP contribution in [0.1, 0.15) is 19.4 Å². The first-order valence-corrected chi connectivity index (χ1v) is 8.19. The summed E-state index contributed by atoms with van der Waals surface area (Å²) in [6, 6.07) is 9.73.